The molecule has 0 radical (unpaired) electrons. The zero-order valence-electron chi connectivity index (χ0n) is 13.7. The molecule has 1 aromatic heterocycles. The Kier molecular flexibility index (Phi) is 3.59. The molecule has 2 heterocycles. The number of amides is 1. The molecule has 2 aromatic rings. The van der Waals surface area contributed by atoms with E-state index in [0.717, 1.165) is 30.4 Å². The molecule has 1 aliphatic rings. The van der Waals surface area contributed by atoms with Crippen LogP contribution in [-0.4, -0.2) is 39.5 Å². The molecule has 0 N–H and O–H groups in total. The maximum atomic E-state index is 12.1. The molecule has 1 aromatic carbocycles. The minimum Gasteiger partial charge on any atom is -0.444 e. The highest BCUT2D eigenvalue weighted by atomic mass is 16.6. The fourth-order valence-corrected chi connectivity index (χ4v) is 2.96. The quantitative estimate of drug-likeness (QED) is 0.812. The smallest absolute Gasteiger partial charge is 0.410 e. The van der Waals surface area contributed by atoms with E-state index in [0.29, 0.717) is 5.92 Å². The van der Waals surface area contributed by atoms with Gasteiger partial charge in [-0.15, -0.1) is 0 Å². The Hall–Kier alpha value is -2.04. The SMILES string of the molecule is Cn1ncc2cc(C3CCN(C(=O)OC(C)(C)C)C3)ccc21. The first-order chi connectivity index (χ1) is 10.3. The van der Waals surface area contributed by atoms with Gasteiger partial charge in [-0.25, -0.2) is 4.79 Å². The summed E-state index contributed by atoms with van der Waals surface area (Å²) in [5, 5.41) is 5.43. The second kappa shape index (κ2) is 5.30. The Morgan fingerprint density at radius 3 is 2.86 bits per heavy atom. The van der Waals surface area contributed by atoms with Gasteiger partial charge in [0.15, 0.2) is 0 Å². The lowest BCUT2D eigenvalue weighted by molar-refractivity contribution is 0.0292. The maximum Gasteiger partial charge on any atom is 0.410 e. The number of aromatic nitrogens is 2. The van der Waals surface area contributed by atoms with Crippen molar-refractivity contribution >= 4 is 17.0 Å². The average molecular weight is 301 g/mol. The van der Waals surface area contributed by atoms with E-state index in [2.05, 4.69) is 23.3 Å². The molecule has 0 saturated carbocycles. The first kappa shape index (κ1) is 14.9. The van der Waals surface area contributed by atoms with E-state index in [9.17, 15) is 4.79 Å². The maximum absolute atomic E-state index is 12.1. The number of aryl methyl sites for hydroxylation is 1. The largest absolute Gasteiger partial charge is 0.444 e. The summed E-state index contributed by atoms with van der Waals surface area (Å²) in [6.45, 7) is 7.17. The van der Waals surface area contributed by atoms with Crippen molar-refractivity contribution in [1.82, 2.24) is 14.7 Å². The molecular weight excluding hydrogens is 278 g/mol. The van der Waals surface area contributed by atoms with Gasteiger partial charge in [0.2, 0.25) is 0 Å². The van der Waals surface area contributed by atoms with Crippen LogP contribution in [0.15, 0.2) is 24.4 Å². The molecular formula is C17H23N3O2. The Bertz CT molecular complexity index is 699. The number of carbonyl (C=O) groups is 1. The van der Waals surface area contributed by atoms with Crippen LogP contribution < -0.4 is 0 Å². The lowest BCUT2D eigenvalue weighted by Crippen LogP contribution is -2.35. The minimum absolute atomic E-state index is 0.211. The summed E-state index contributed by atoms with van der Waals surface area (Å²) >= 11 is 0. The van der Waals surface area contributed by atoms with Crippen LogP contribution in [0.25, 0.3) is 10.9 Å². The third-order valence-corrected chi connectivity index (χ3v) is 4.08. The van der Waals surface area contributed by atoms with Gasteiger partial charge in [0.05, 0.1) is 11.7 Å². The van der Waals surface area contributed by atoms with E-state index in [1.54, 1.807) is 0 Å². The van der Waals surface area contributed by atoms with Crippen molar-refractivity contribution < 1.29 is 9.53 Å². The third-order valence-electron chi connectivity index (χ3n) is 4.08. The molecule has 118 valence electrons. The highest BCUT2D eigenvalue weighted by Crippen LogP contribution is 2.30. The molecule has 1 fully saturated rings. The van der Waals surface area contributed by atoms with Crippen LogP contribution in [0.5, 0.6) is 0 Å². The van der Waals surface area contributed by atoms with Crippen LogP contribution in [0.4, 0.5) is 4.79 Å². The summed E-state index contributed by atoms with van der Waals surface area (Å²) in [5.74, 6) is 0.372. The van der Waals surface area contributed by atoms with Crippen molar-refractivity contribution in [3.05, 3.63) is 30.0 Å². The first-order valence-corrected chi connectivity index (χ1v) is 7.73. The van der Waals surface area contributed by atoms with Crippen LogP contribution >= 0.6 is 0 Å². The fraction of sp³-hybridized carbons (Fsp3) is 0.529. The summed E-state index contributed by atoms with van der Waals surface area (Å²) in [6.07, 6.45) is 2.65. The highest BCUT2D eigenvalue weighted by Gasteiger charge is 2.30. The standard InChI is InChI=1S/C17H23N3O2/c1-17(2,3)22-16(21)20-8-7-13(11-20)12-5-6-15-14(9-12)10-18-19(15)4/h5-6,9-10,13H,7-8,11H2,1-4H3. The van der Waals surface area contributed by atoms with E-state index >= 15 is 0 Å². The van der Waals surface area contributed by atoms with Crippen LogP contribution in [0.3, 0.4) is 0 Å². The van der Waals surface area contributed by atoms with Crippen LogP contribution in [0, 0.1) is 0 Å². The predicted octanol–water partition coefficient (Wildman–Crippen LogP) is 3.30. The molecule has 1 amide bonds. The Balaban J connectivity index is 1.72. The topological polar surface area (TPSA) is 47.4 Å². The highest BCUT2D eigenvalue weighted by molar-refractivity contribution is 5.79. The summed E-state index contributed by atoms with van der Waals surface area (Å²) in [5.41, 5.74) is 1.96. The number of hydrogen-bond acceptors (Lipinski definition) is 3. The van der Waals surface area contributed by atoms with Gasteiger partial charge in [-0.1, -0.05) is 6.07 Å². The predicted molar refractivity (Wildman–Crippen MR) is 85.9 cm³/mol. The second-order valence-corrected chi connectivity index (χ2v) is 7.00. The number of hydrogen-bond donors (Lipinski definition) is 0. The van der Waals surface area contributed by atoms with Gasteiger partial charge in [0.1, 0.15) is 5.60 Å². The molecule has 1 atom stereocenters. The summed E-state index contributed by atoms with van der Waals surface area (Å²) in [7, 11) is 1.95. The monoisotopic (exact) mass is 301 g/mol. The van der Waals surface area contributed by atoms with Gasteiger partial charge in [0, 0.05) is 31.4 Å². The lowest BCUT2D eigenvalue weighted by Gasteiger charge is -2.24. The number of nitrogens with zero attached hydrogens (tertiary/aromatic N) is 3. The Morgan fingerprint density at radius 2 is 2.14 bits per heavy atom. The molecule has 5 nitrogen and oxygen atoms in total. The summed E-state index contributed by atoms with van der Waals surface area (Å²) in [6, 6.07) is 6.44. The normalized spacial score (nSPS) is 18.9. The van der Waals surface area contributed by atoms with Crippen molar-refractivity contribution in [2.75, 3.05) is 13.1 Å². The molecule has 0 aliphatic carbocycles. The van der Waals surface area contributed by atoms with Crippen molar-refractivity contribution in [3.8, 4) is 0 Å². The number of likely N-dealkylation sites (tertiary alicyclic amines) is 1. The third kappa shape index (κ3) is 2.93. The van der Waals surface area contributed by atoms with Crippen molar-refractivity contribution in [3.63, 3.8) is 0 Å². The van der Waals surface area contributed by atoms with Gasteiger partial charge in [-0.2, -0.15) is 5.10 Å². The fourth-order valence-electron chi connectivity index (χ4n) is 2.96. The van der Waals surface area contributed by atoms with Gasteiger partial charge >= 0.3 is 6.09 Å². The summed E-state index contributed by atoms with van der Waals surface area (Å²) in [4.78, 5) is 14.0. The minimum atomic E-state index is -0.441. The number of carbonyl (C=O) groups excluding carboxylic acids is 1. The van der Waals surface area contributed by atoms with Crippen LogP contribution in [-0.2, 0) is 11.8 Å². The number of ether oxygens (including phenoxy) is 1. The van der Waals surface area contributed by atoms with E-state index in [1.807, 2.05) is 43.6 Å². The van der Waals surface area contributed by atoms with Crippen molar-refractivity contribution in [2.45, 2.75) is 38.7 Å². The molecule has 3 rings (SSSR count). The molecule has 1 saturated heterocycles. The molecule has 22 heavy (non-hydrogen) atoms. The molecule has 5 heteroatoms. The second-order valence-electron chi connectivity index (χ2n) is 7.00. The molecule has 1 unspecified atom stereocenters. The zero-order chi connectivity index (χ0) is 15.9. The van der Waals surface area contributed by atoms with Crippen molar-refractivity contribution in [2.24, 2.45) is 7.05 Å². The van der Waals surface area contributed by atoms with E-state index in [1.165, 1.54) is 5.56 Å². The lowest BCUT2D eigenvalue weighted by atomic mass is 9.97. The van der Waals surface area contributed by atoms with Gasteiger partial charge in [-0.05, 0) is 44.9 Å². The van der Waals surface area contributed by atoms with Gasteiger partial charge in [-0.3, -0.25) is 4.68 Å². The number of benzene rings is 1. The van der Waals surface area contributed by atoms with E-state index in [-0.39, 0.29) is 6.09 Å². The van der Waals surface area contributed by atoms with Crippen LogP contribution in [0.1, 0.15) is 38.7 Å². The Labute approximate surface area is 130 Å². The Morgan fingerprint density at radius 1 is 1.36 bits per heavy atom. The number of fused-ring (bicyclic) bond motifs is 1. The number of rotatable bonds is 1. The van der Waals surface area contributed by atoms with Gasteiger partial charge < -0.3 is 9.64 Å². The first-order valence-electron chi connectivity index (χ1n) is 7.73. The average Bonchev–Trinajstić information content (AvgIpc) is 3.04. The molecule has 0 bridgehead atoms. The van der Waals surface area contributed by atoms with E-state index < -0.39 is 5.60 Å². The van der Waals surface area contributed by atoms with E-state index in [4.69, 9.17) is 4.74 Å². The zero-order valence-corrected chi connectivity index (χ0v) is 13.7. The molecule has 1 aliphatic heterocycles. The molecule has 0 spiro atoms. The van der Waals surface area contributed by atoms with Gasteiger partial charge in [0.25, 0.3) is 0 Å². The van der Waals surface area contributed by atoms with Crippen molar-refractivity contribution in [1.29, 1.82) is 0 Å². The summed E-state index contributed by atoms with van der Waals surface area (Å²) < 4.78 is 7.33. The van der Waals surface area contributed by atoms with Crippen LogP contribution in [0.2, 0.25) is 0 Å².